The van der Waals surface area contributed by atoms with Crippen LogP contribution >= 0.6 is 35.1 Å². The van der Waals surface area contributed by atoms with Gasteiger partial charge in [0.05, 0.1) is 22.0 Å². The maximum atomic E-state index is 12.5. The van der Waals surface area contributed by atoms with Crippen LogP contribution in [0, 0.1) is 0 Å². The second kappa shape index (κ2) is 15.4. The smallest absolute Gasteiger partial charge is 0.335 e. The minimum atomic E-state index is -3.60. The largest absolute Gasteiger partial charge is 0.478 e. The second-order valence-electron chi connectivity index (χ2n) is 8.34. The highest BCUT2D eigenvalue weighted by Crippen LogP contribution is 2.29. The van der Waals surface area contributed by atoms with Crippen LogP contribution in [0.25, 0.3) is 0 Å². The minimum Gasteiger partial charge on any atom is -0.478 e. The summed E-state index contributed by atoms with van der Waals surface area (Å²) in [6.45, 7) is 2.25. The first-order chi connectivity index (χ1) is 19.4. The number of halogens is 1. The summed E-state index contributed by atoms with van der Waals surface area (Å²) in [5.41, 5.74) is 5.89. The van der Waals surface area contributed by atoms with E-state index in [9.17, 15) is 26.4 Å². The number of carbonyl (C=O) groups is 2. The highest BCUT2D eigenvalue weighted by molar-refractivity contribution is 7.93. The number of aromatic carboxylic acids is 1. The monoisotopic (exact) mass is 672 g/mol. The Morgan fingerprint density at radius 2 is 1.21 bits per heavy atom. The number of nitrogens with one attached hydrogen (secondary N) is 1. The summed E-state index contributed by atoms with van der Waals surface area (Å²) >= 11 is 2.38. The molecule has 0 fully saturated rings. The molecule has 4 aromatic rings. The van der Waals surface area contributed by atoms with Gasteiger partial charge < -0.3 is 21.3 Å². The Labute approximate surface area is 258 Å². The van der Waals surface area contributed by atoms with Gasteiger partial charge in [0.25, 0.3) is 5.91 Å². The molecule has 4 rings (SSSR count). The normalized spacial score (nSPS) is 11.1. The SMILES string of the molecule is CCc1ccc(S(=O)(=O)c2ccc(C(=O)O)cc2)s1.Cl.NCc1ccc(S(=O)(=O)c2ccc(C(=O)NCCO)cc2)s1. The zero-order chi connectivity index (χ0) is 30.2. The van der Waals surface area contributed by atoms with Gasteiger partial charge in [0.1, 0.15) is 8.42 Å². The van der Waals surface area contributed by atoms with Crippen molar-refractivity contribution in [3.63, 3.8) is 0 Å². The summed E-state index contributed by atoms with van der Waals surface area (Å²) in [6.07, 6.45) is 0.790. The summed E-state index contributed by atoms with van der Waals surface area (Å²) in [4.78, 5) is 24.4. The lowest BCUT2D eigenvalue weighted by Gasteiger charge is -2.05. The molecule has 0 bridgehead atoms. The van der Waals surface area contributed by atoms with Gasteiger partial charge >= 0.3 is 5.97 Å². The number of aryl methyl sites for hydroxylation is 1. The number of thiophene rings is 2. The molecular formula is C27H29ClN2O8S4. The van der Waals surface area contributed by atoms with Crippen molar-refractivity contribution < 1.29 is 36.6 Å². The van der Waals surface area contributed by atoms with Crippen molar-refractivity contribution in [2.75, 3.05) is 13.2 Å². The molecule has 0 atom stereocenters. The van der Waals surface area contributed by atoms with Gasteiger partial charge in [-0.2, -0.15) is 0 Å². The van der Waals surface area contributed by atoms with Gasteiger partial charge in [0.2, 0.25) is 19.7 Å². The van der Waals surface area contributed by atoms with E-state index in [2.05, 4.69) is 5.32 Å². The number of hydrogen-bond donors (Lipinski definition) is 4. The van der Waals surface area contributed by atoms with Gasteiger partial charge in [-0.15, -0.1) is 35.1 Å². The topological polar surface area (TPSA) is 181 Å². The molecular weight excluding hydrogens is 644 g/mol. The van der Waals surface area contributed by atoms with Crippen molar-refractivity contribution in [1.82, 2.24) is 5.32 Å². The fourth-order valence-corrected chi connectivity index (χ4v) is 8.70. The van der Waals surface area contributed by atoms with E-state index in [1.54, 1.807) is 18.2 Å². The number of sulfone groups is 2. The van der Waals surface area contributed by atoms with Gasteiger partial charge in [-0.3, -0.25) is 4.79 Å². The second-order valence-corrected chi connectivity index (χ2v) is 15.0. The van der Waals surface area contributed by atoms with Crippen LogP contribution in [0.15, 0.2) is 91.0 Å². The van der Waals surface area contributed by atoms with E-state index in [1.165, 1.54) is 65.9 Å². The molecule has 5 N–H and O–H groups in total. The Kier molecular flexibility index (Phi) is 12.9. The Morgan fingerprint density at radius 3 is 1.60 bits per heavy atom. The van der Waals surface area contributed by atoms with Crippen LogP contribution in [0.3, 0.4) is 0 Å². The van der Waals surface area contributed by atoms with Gasteiger partial charge in [-0.05, 0) is 79.2 Å². The van der Waals surface area contributed by atoms with Crippen molar-refractivity contribution in [3.05, 3.63) is 93.7 Å². The van der Waals surface area contributed by atoms with Crippen LogP contribution in [-0.4, -0.2) is 52.1 Å². The Balaban J connectivity index is 0.000000289. The zero-order valence-corrected chi connectivity index (χ0v) is 26.3. The lowest BCUT2D eigenvalue weighted by atomic mass is 10.2. The minimum absolute atomic E-state index is 0. The van der Waals surface area contributed by atoms with Crippen LogP contribution in [0.4, 0.5) is 0 Å². The lowest BCUT2D eigenvalue weighted by molar-refractivity contribution is 0.0696. The molecule has 42 heavy (non-hydrogen) atoms. The standard InChI is InChI=1S/C14H16N2O4S2.C13H12O4S2.ClH/c15-9-11-3-6-13(21-11)22(19,20)12-4-1-10(2-5-12)14(18)16-7-8-17;1-2-10-5-8-12(18-10)19(16,17)11-6-3-9(4-7-11)13(14)15;/h1-6,17H,7-9,15H2,(H,16,18);3-8H,2H2,1H3,(H,14,15);1H. The summed E-state index contributed by atoms with van der Waals surface area (Å²) in [6, 6.07) is 17.5. The number of carboxylic acid groups (broad SMARTS) is 1. The Hall–Kier alpha value is -3.11. The number of aliphatic hydroxyl groups is 1. The number of rotatable bonds is 10. The molecule has 0 aliphatic carbocycles. The van der Waals surface area contributed by atoms with E-state index >= 15 is 0 Å². The molecule has 226 valence electrons. The molecule has 2 aromatic carbocycles. The molecule has 10 nitrogen and oxygen atoms in total. The summed E-state index contributed by atoms with van der Waals surface area (Å²) in [5, 5.41) is 19.9. The van der Waals surface area contributed by atoms with Crippen molar-refractivity contribution >= 4 is 66.6 Å². The van der Waals surface area contributed by atoms with Crippen LogP contribution in [0.1, 0.15) is 37.4 Å². The predicted octanol–water partition coefficient (Wildman–Crippen LogP) is 4.03. The zero-order valence-electron chi connectivity index (χ0n) is 22.2. The number of nitrogens with two attached hydrogens (primary N) is 1. The van der Waals surface area contributed by atoms with Crippen molar-refractivity contribution in [1.29, 1.82) is 0 Å². The average Bonchev–Trinajstić information content (AvgIpc) is 3.67. The number of carboxylic acids is 1. The third kappa shape index (κ3) is 8.47. The van der Waals surface area contributed by atoms with Crippen LogP contribution in [-0.2, 0) is 32.6 Å². The fraction of sp³-hybridized carbons (Fsp3) is 0.185. The summed E-state index contributed by atoms with van der Waals surface area (Å²) < 4.78 is 50.0. The molecule has 0 saturated heterocycles. The van der Waals surface area contributed by atoms with E-state index in [4.69, 9.17) is 15.9 Å². The van der Waals surface area contributed by atoms with Gasteiger partial charge in [-0.25, -0.2) is 21.6 Å². The van der Waals surface area contributed by atoms with Crippen molar-refractivity contribution in [3.8, 4) is 0 Å². The molecule has 2 aromatic heterocycles. The molecule has 0 aliphatic heterocycles. The summed E-state index contributed by atoms with van der Waals surface area (Å²) in [5.74, 6) is -1.44. The molecule has 2 heterocycles. The highest BCUT2D eigenvalue weighted by atomic mass is 35.5. The highest BCUT2D eigenvalue weighted by Gasteiger charge is 2.21. The van der Waals surface area contributed by atoms with Gasteiger partial charge in [0.15, 0.2) is 0 Å². The molecule has 1 amide bonds. The number of carbonyl (C=O) groups excluding carboxylic acids is 1. The number of benzene rings is 2. The van der Waals surface area contributed by atoms with E-state index in [-0.39, 0.29) is 55.2 Å². The maximum absolute atomic E-state index is 12.5. The Morgan fingerprint density at radius 1 is 0.762 bits per heavy atom. The predicted molar refractivity (Wildman–Crippen MR) is 163 cm³/mol. The van der Waals surface area contributed by atoms with E-state index < -0.39 is 25.6 Å². The van der Waals surface area contributed by atoms with Crippen LogP contribution in [0.5, 0.6) is 0 Å². The van der Waals surface area contributed by atoms with E-state index in [0.29, 0.717) is 12.1 Å². The van der Waals surface area contributed by atoms with Gasteiger partial charge in [-0.1, -0.05) is 6.92 Å². The third-order valence-corrected chi connectivity index (χ3v) is 12.4. The van der Waals surface area contributed by atoms with Crippen LogP contribution < -0.4 is 11.1 Å². The van der Waals surface area contributed by atoms with Crippen molar-refractivity contribution in [2.24, 2.45) is 5.73 Å². The molecule has 0 saturated carbocycles. The van der Waals surface area contributed by atoms with Crippen molar-refractivity contribution in [2.45, 2.75) is 38.1 Å². The summed E-state index contributed by atoms with van der Waals surface area (Å²) in [7, 11) is -7.14. The average molecular weight is 673 g/mol. The molecule has 0 radical (unpaired) electrons. The number of hydrogen-bond acceptors (Lipinski definition) is 10. The maximum Gasteiger partial charge on any atom is 0.335 e. The number of amides is 1. The first-order valence-corrected chi connectivity index (χ1v) is 16.7. The fourth-order valence-electron chi connectivity index (χ4n) is 3.37. The number of aliphatic hydroxyl groups excluding tert-OH is 1. The third-order valence-electron chi connectivity index (χ3n) is 5.59. The lowest BCUT2D eigenvalue weighted by Crippen LogP contribution is -2.26. The quantitative estimate of drug-likeness (QED) is 0.193. The molecule has 0 spiro atoms. The van der Waals surface area contributed by atoms with E-state index in [1.807, 2.05) is 6.92 Å². The first kappa shape index (κ1) is 35.1. The Bertz CT molecular complexity index is 1710. The van der Waals surface area contributed by atoms with Crippen LogP contribution in [0.2, 0.25) is 0 Å². The van der Waals surface area contributed by atoms with E-state index in [0.717, 1.165) is 27.5 Å². The molecule has 0 unspecified atom stereocenters. The van der Waals surface area contributed by atoms with Gasteiger partial charge in [0, 0.05) is 28.4 Å². The first-order valence-electron chi connectivity index (χ1n) is 12.1. The molecule has 15 heteroatoms. The molecule has 0 aliphatic rings.